The van der Waals surface area contributed by atoms with Crippen molar-refractivity contribution in [2.24, 2.45) is 11.7 Å². The second-order valence-corrected chi connectivity index (χ2v) is 10.6. The molecular weight excluding hydrogens is 514 g/mol. The van der Waals surface area contributed by atoms with Gasteiger partial charge in [0.15, 0.2) is 0 Å². The van der Waals surface area contributed by atoms with Gasteiger partial charge < -0.3 is 31.8 Å². The number of hydrogen-bond donors (Lipinski definition) is 7. The SMILES string of the molecule is CSCCC(NC(=O)C(Cc1c[nH]c2ccccc12)NC(=O)C(N)CS)C(=O)NC(CC(C)C)C(=O)O. The summed E-state index contributed by atoms with van der Waals surface area (Å²) in [6.07, 6.45) is 4.34. The number of carbonyl (C=O) groups is 4. The molecule has 0 fully saturated rings. The molecule has 0 radical (unpaired) electrons. The second kappa shape index (κ2) is 14.9. The van der Waals surface area contributed by atoms with Crippen molar-refractivity contribution in [1.29, 1.82) is 0 Å². The third kappa shape index (κ3) is 9.28. The Morgan fingerprint density at radius 3 is 2.27 bits per heavy atom. The highest BCUT2D eigenvalue weighted by Gasteiger charge is 2.30. The molecule has 0 bridgehead atoms. The largest absolute Gasteiger partial charge is 0.480 e. The highest BCUT2D eigenvalue weighted by Crippen LogP contribution is 2.19. The quantitative estimate of drug-likeness (QED) is 0.164. The van der Waals surface area contributed by atoms with E-state index in [4.69, 9.17) is 5.73 Å². The molecule has 2 aromatic rings. The fourth-order valence-corrected chi connectivity index (χ4v) is 4.47. The van der Waals surface area contributed by atoms with E-state index in [2.05, 4.69) is 33.6 Å². The van der Waals surface area contributed by atoms with Gasteiger partial charge in [0.05, 0.1) is 6.04 Å². The van der Waals surface area contributed by atoms with Crippen LogP contribution in [0.2, 0.25) is 0 Å². The van der Waals surface area contributed by atoms with Crippen LogP contribution in [0.25, 0.3) is 10.9 Å². The predicted octanol–water partition coefficient (Wildman–Crippen LogP) is 1.31. The zero-order valence-corrected chi connectivity index (χ0v) is 23.0. The van der Waals surface area contributed by atoms with Crippen molar-refractivity contribution < 1.29 is 24.3 Å². The minimum Gasteiger partial charge on any atom is -0.480 e. The molecule has 0 aliphatic carbocycles. The van der Waals surface area contributed by atoms with Crippen molar-refractivity contribution >= 4 is 59.0 Å². The van der Waals surface area contributed by atoms with Gasteiger partial charge in [0.2, 0.25) is 17.7 Å². The monoisotopic (exact) mass is 551 g/mol. The number of nitrogens with two attached hydrogens (primary N) is 1. The molecule has 2 rings (SSSR count). The number of carboxylic acid groups (broad SMARTS) is 1. The van der Waals surface area contributed by atoms with Gasteiger partial charge in [-0.05, 0) is 42.4 Å². The Hall–Kier alpha value is -2.70. The van der Waals surface area contributed by atoms with Gasteiger partial charge in [-0.2, -0.15) is 24.4 Å². The summed E-state index contributed by atoms with van der Waals surface area (Å²) in [6, 6.07) is 3.60. The molecule has 10 nitrogen and oxygen atoms in total. The van der Waals surface area contributed by atoms with Crippen LogP contribution in [0.5, 0.6) is 0 Å². The maximum Gasteiger partial charge on any atom is 0.326 e. The summed E-state index contributed by atoms with van der Waals surface area (Å²) >= 11 is 5.56. The van der Waals surface area contributed by atoms with E-state index in [1.807, 2.05) is 44.4 Å². The molecule has 1 aromatic carbocycles. The topological polar surface area (TPSA) is 166 Å². The van der Waals surface area contributed by atoms with E-state index < -0.39 is 47.9 Å². The standard InChI is InChI=1S/C25H37N5O5S2/c1-14(2)10-21(25(34)35)30-23(32)19(8-9-37-3)28-24(33)20(29-22(31)17(26)13-36)11-15-12-27-18-7-5-4-6-16(15)18/h4-7,12,14,17,19-21,27,36H,8-11,13,26H2,1-3H3,(H,28,33)(H,29,31)(H,30,32)(H,34,35). The Labute approximate surface area is 226 Å². The molecule has 12 heteroatoms. The van der Waals surface area contributed by atoms with Crippen LogP contribution in [-0.4, -0.2) is 75.7 Å². The van der Waals surface area contributed by atoms with Crippen LogP contribution in [-0.2, 0) is 25.6 Å². The van der Waals surface area contributed by atoms with E-state index in [9.17, 15) is 24.3 Å². The van der Waals surface area contributed by atoms with Crippen molar-refractivity contribution in [3.63, 3.8) is 0 Å². The summed E-state index contributed by atoms with van der Waals surface area (Å²) in [4.78, 5) is 53.9. The number of rotatable bonds is 15. The number of benzene rings is 1. The zero-order valence-electron chi connectivity index (χ0n) is 21.3. The Kier molecular flexibility index (Phi) is 12.3. The smallest absolute Gasteiger partial charge is 0.326 e. The molecule has 3 amide bonds. The van der Waals surface area contributed by atoms with Gasteiger partial charge in [0.25, 0.3) is 0 Å². The number of carbonyl (C=O) groups excluding carboxylic acids is 3. The Balaban J connectivity index is 2.26. The summed E-state index contributed by atoms with van der Waals surface area (Å²) in [5.74, 6) is -2.12. The van der Waals surface area contributed by atoms with Gasteiger partial charge in [-0.1, -0.05) is 32.0 Å². The first kappa shape index (κ1) is 30.5. The molecule has 0 aliphatic heterocycles. The summed E-state index contributed by atoms with van der Waals surface area (Å²) in [5.41, 5.74) is 7.51. The third-order valence-corrected chi connectivity index (χ3v) is 6.87. The number of hydrogen-bond acceptors (Lipinski definition) is 7. The van der Waals surface area contributed by atoms with Crippen molar-refractivity contribution in [1.82, 2.24) is 20.9 Å². The zero-order chi connectivity index (χ0) is 27.5. The summed E-state index contributed by atoms with van der Waals surface area (Å²) in [6.45, 7) is 3.73. The minimum absolute atomic E-state index is 0.0486. The predicted molar refractivity (Wildman–Crippen MR) is 150 cm³/mol. The summed E-state index contributed by atoms with van der Waals surface area (Å²) in [5, 5.41) is 18.4. The van der Waals surface area contributed by atoms with Crippen molar-refractivity contribution in [2.75, 3.05) is 17.8 Å². The van der Waals surface area contributed by atoms with Crippen LogP contribution in [0.3, 0.4) is 0 Å². The average Bonchev–Trinajstić information content (AvgIpc) is 3.27. The van der Waals surface area contributed by atoms with Crippen LogP contribution in [0.15, 0.2) is 30.5 Å². The van der Waals surface area contributed by atoms with Crippen LogP contribution in [0.1, 0.15) is 32.3 Å². The number of thiol groups is 1. The van der Waals surface area contributed by atoms with Crippen LogP contribution in [0.4, 0.5) is 0 Å². The molecule has 37 heavy (non-hydrogen) atoms. The van der Waals surface area contributed by atoms with Crippen LogP contribution in [0, 0.1) is 5.92 Å². The number of aromatic amines is 1. The number of aliphatic carboxylic acids is 1. The van der Waals surface area contributed by atoms with Crippen LogP contribution < -0.4 is 21.7 Å². The van der Waals surface area contributed by atoms with E-state index in [1.165, 1.54) is 11.8 Å². The maximum absolute atomic E-state index is 13.4. The molecule has 0 saturated carbocycles. The number of nitrogens with one attached hydrogen (secondary N) is 4. The lowest BCUT2D eigenvalue weighted by atomic mass is 10.0. The number of carboxylic acids is 1. The van der Waals surface area contributed by atoms with Crippen LogP contribution >= 0.6 is 24.4 Å². The first-order valence-corrected chi connectivity index (χ1v) is 14.1. The van der Waals surface area contributed by atoms with Crippen molar-refractivity contribution in [3.8, 4) is 0 Å². The lowest BCUT2D eigenvalue weighted by Crippen LogP contribution is -2.58. The molecular formula is C25H37N5O5S2. The summed E-state index contributed by atoms with van der Waals surface area (Å²) < 4.78 is 0. The molecule has 4 unspecified atom stereocenters. The van der Waals surface area contributed by atoms with Gasteiger partial charge >= 0.3 is 5.97 Å². The Morgan fingerprint density at radius 2 is 1.65 bits per heavy atom. The molecule has 204 valence electrons. The molecule has 7 N–H and O–H groups in total. The maximum atomic E-state index is 13.4. The van der Waals surface area contributed by atoms with Gasteiger partial charge in [-0.25, -0.2) is 4.79 Å². The van der Waals surface area contributed by atoms with E-state index in [0.29, 0.717) is 5.75 Å². The average molecular weight is 552 g/mol. The second-order valence-electron chi connectivity index (χ2n) is 9.29. The fourth-order valence-electron chi connectivity index (χ4n) is 3.83. The van der Waals surface area contributed by atoms with Gasteiger partial charge in [-0.3, -0.25) is 14.4 Å². The molecule has 1 heterocycles. The Morgan fingerprint density at radius 1 is 1.03 bits per heavy atom. The minimum atomic E-state index is -1.14. The van der Waals surface area contributed by atoms with Crippen molar-refractivity contribution in [2.45, 2.75) is 57.3 Å². The molecule has 0 saturated heterocycles. The molecule has 0 aliphatic rings. The molecule has 0 spiro atoms. The fraction of sp³-hybridized carbons (Fsp3) is 0.520. The highest BCUT2D eigenvalue weighted by atomic mass is 32.2. The Bertz CT molecular complexity index is 1080. The number of amides is 3. The summed E-state index contributed by atoms with van der Waals surface area (Å²) in [7, 11) is 0. The number of H-pyrrole nitrogens is 1. The first-order valence-electron chi connectivity index (χ1n) is 12.1. The number of aromatic nitrogens is 1. The molecule has 1 aromatic heterocycles. The first-order chi connectivity index (χ1) is 17.6. The van der Waals surface area contributed by atoms with E-state index in [0.717, 1.165) is 16.5 Å². The van der Waals surface area contributed by atoms with Gasteiger partial charge in [-0.15, -0.1) is 0 Å². The third-order valence-electron chi connectivity index (χ3n) is 5.83. The van der Waals surface area contributed by atoms with Gasteiger partial charge in [0.1, 0.15) is 18.1 Å². The highest BCUT2D eigenvalue weighted by molar-refractivity contribution is 7.98. The number of fused-ring (bicyclic) bond motifs is 1. The lowest BCUT2D eigenvalue weighted by Gasteiger charge is -2.25. The normalized spacial score (nSPS) is 14.5. The van der Waals surface area contributed by atoms with Gasteiger partial charge in [0, 0.05) is 29.3 Å². The number of thioether (sulfide) groups is 1. The lowest BCUT2D eigenvalue weighted by molar-refractivity contribution is -0.142. The number of para-hydroxylation sites is 1. The van der Waals surface area contributed by atoms with E-state index in [1.54, 1.807) is 6.20 Å². The van der Waals surface area contributed by atoms with E-state index in [-0.39, 0.29) is 30.9 Å². The van der Waals surface area contributed by atoms with Crippen molar-refractivity contribution in [3.05, 3.63) is 36.0 Å². The van der Waals surface area contributed by atoms with E-state index >= 15 is 0 Å². The molecule has 4 atom stereocenters.